The normalized spacial score (nSPS) is 18.4. The first-order valence-corrected chi connectivity index (χ1v) is 6.78. The number of benzene rings is 2. The van der Waals surface area contributed by atoms with Crippen LogP contribution < -0.4 is 0 Å². The van der Waals surface area contributed by atoms with E-state index >= 15 is 0 Å². The van der Waals surface area contributed by atoms with E-state index in [1.807, 2.05) is 0 Å². The van der Waals surface area contributed by atoms with Gasteiger partial charge in [-0.3, -0.25) is 0 Å². The number of rotatable bonds is 2. The lowest BCUT2D eigenvalue weighted by molar-refractivity contribution is 0.434. The van der Waals surface area contributed by atoms with Gasteiger partial charge in [-0.1, -0.05) is 73.5 Å². The maximum atomic E-state index is 3.77. The van der Waals surface area contributed by atoms with Gasteiger partial charge in [-0.15, -0.1) is 0 Å². The molecule has 2 radical (unpaired) electrons. The van der Waals surface area contributed by atoms with Crippen LogP contribution in [-0.4, -0.2) is 0 Å². The van der Waals surface area contributed by atoms with E-state index < -0.39 is 0 Å². The zero-order chi connectivity index (χ0) is 12.3. The Bertz CT molecular complexity index is 436. The highest BCUT2D eigenvalue weighted by atomic mass is 14.4. The van der Waals surface area contributed by atoms with Gasteiger partial charge in [-0.2, -0.15) is 0 Å². The van der Waals surface area contributed by atoms with Gasteiger partial charge in [0, 0.05) is 5.41 Å². The Morgan fingerprint density at radius 2 is 1.28 bits per heavy atom. The minimum Gasteiger partial charge on any atom is -0.0622 e. The highest BCUT2D eigenvalue weighted by Crippen LogP contribution is 2.43. The summed E-state index contributed by atoms with van der Waals surface area (Å²) in [6.07, 6.45) is 8.62. The Kier molecular flexibility index (Phi) is 3.19. The van der Waals surface area contributed by atoms with Gasteiger partial charge in [0.1, 0.15) is 0 Å². The summed E-state index contributed by atoms with van der Waals surface area (Å²) in [6.45, 7) is 0. The summed E-state index contributed by atoms with van der Waals surface area (Å²) in [6, 6.07) is 21.7. The van der Waals surface area contributed by atoms with Crippen molar-refractivity contribution in [2.45, 2.75) is 31.1 Å². The molecule has 2 aromatic rings. The van der Waals surface area contributed by atoms with Crippen LogP contribution in [0, 0.1) is 6.42 Å². The summed E-state index contributed by atoms with van der Waals surface area (Å²) in [5, 5.41) is 0. The summed E-state index contributed by atoms with van der Waals surface area (Å²) >= 11 is 0. The molecular formula is C18H18. The van der Waals surface area contributed by atoms with Crippen molar-refractivity contribution in [3.8, 4) is 0 Å². The second-order valence-electron chi connectivity index (χ2n) is 5.02. The molecule has 0 bridgehead atoms. The van der Waals surface area contributed by atoms with Crippen molar-refractivity contribution in [1.82, 2.24) is 0 Å². The zero-order valence-corrected chi connectivity index (χ0v) is 10.6. The fourth-order valence-corrected chi connectivity index (χ4v) is 3.01. The molecule has 0 amide bonds. The van der Waals surface area contributed by atoms with Crippen molar-refractivity contribution >= 4 is 0 Å². The highest BCUT2D eigenvalue weighted by Gasteiger charge is 2.35. The molecule has 0 saturated heterocycles. The van der Waals surface area contributed by atoms with Crippen LogP contribution in [0.3, 0.4) is 0 Å². The first-order chi connectivity index (χ1) is 8.92. The SMILES string of the molecule is [C]1CCCCC1(c1ccccc1)c1ccccc1. The second kappa shape index (κ2) is 4.97. The third-order valence-electron chi connectivity index (χ3n) is 3.94. The Balaban J connectivity index is 2.10. The van der Waals surface area contributed by atoms with Gasteiger partial charge in [0.25, 0.3) is 0 Å². The molecule has 0 atom stereocenters. The molecular weight excluding hydrogens is 216 g/mol. The molecule has 1 saturated carbocycles. The minimum atomic E-state index is 0.0147. The fourth-order valence-electron chi connectivity index (χ4n) is 3.01. The van der Waals surface area contributed by atoms with Gasteiger partial charge in [-0.25, -0.2) is 0 Å². The van der Waals surface area contributed by atoms with Crippen molar-refractivity contribution in [2.24, 2.45) is 0 Å². The van der Waals surface area contributed by atoms with Gasteiger partial charge in [0.15, 0.2) is 0 Å². The third kappa shape index (κ3) is 1.96. The van der Waals surface area contributed by atoms with Crippen molar-refractivity contribution < 1.29 is 0 Å². The molecule has 0 aromatic heterocycles. The standard InChI is InChI=1S/C18H18/c1-4-10-16(11-5-1)18(14-8-3-9-15-18)17-12-6-2-7-13-17/h1-2,4-7,10-13H,3,8-9,14H2. The molecule has 0 heterocycles. The average Bonchev–Trinajstić information content (AvgIpc) is 2.50. The molecule has 90 valence electrons. The fraction of sp³-hybridized carbons (Fsp3) is 0.278. The molecule has 0 nitrogen and oxygen atoms in total. The van der Waals surface area contributed by atoms with E-state index in [4.69, 9.17) is 0 Å². The monoisotopic (exact) mass is 234 g/mol. The lowest BCUT2D eigenvalue weighted by atomic mass is 9.65. The highest BCUT2D eigenvalue weighted by molar-refractivity contribution is 5.43. The van der Waals surface area contributed by atoms with Crippen molar-refractivity contribution in [2.75, 3.05) is 0 Å². The van der Waals surface area contributed by atoms with E-state index in [-0.39, 0.29) is 5.41 Å². The molecule has 0 unspecified atom stereocenters. The Labute approximate surface area is 110 Å². The Hall–Kier alpha value is -1.56. The Morgan fingerprint density at radius 1 is 0.722 bits per heavy atom. The predicted octanol–water partition coefficient (Wildman–Crippen LogP) is 4.63. The van der Waals surface area contributed by atoms with E-state index in [1.54, 1.807) is 0 Å². The van der Waals surface area contributed by atoms with Gasteiger partial charge in [-0.05, 0) is 30.4 Å². The van der Waals surface area contributed by atoms with E-state index in [2.05, 4.69) is 67.1 Å². The van der Waals surface area contributed by atoms with E-state index in [0.717, 1.165) is 6.42 Å². The average molecular weight is 234 g/mol. The van der Waals surface area contributed by atoms with E-state index in [1.165, 1.54) is 30.4 Å². The predicted molar refractivity (Wildman–Crippen MR) is 75.4 cm³/mol. The smallest absolute Gasteiger partial charge is 0.0271 e. The van der Waals surface area contributed by atoms with Crippen molar-refractivity contribution in [3.05, 3.63) is 78.2 Å². The van der Waals surface area contributed by atoms with Crippen LogP contribution >= 0.6 is 0 Å². The molecule has 2 aromatic carbocycles. The summed E-state index contributed by atoms with van der Waals surface area (Å²) in [4.78, 5) is 0. The van der Waals surface area contributed by atoms with Crippen molar-refractivity contribution in [1.29, 1.82) is 0 Å². The maximum absolute atomic E-state index is 3.77. The molecule has 0 aliphatic heterocycles. The van der Waals surface area contributed by atoms with E-state index in [9.17, 15) is 0 Å². The molecule has 0 spiro atoms. The first kappa shape index (κ1) is 11.5. The molecule has 18 heavy (non-hydrogen) atoms. The van der Waals surface area contributed by atoms with E-state index in [0.29, 0.717) is 0 Å². The van der Waals surface area contributed by atoms with Crippen LogP contribution in [0.1, 0.15) is 36.8 Å². The summed E-state index contributed by atoms with van der Waals surface area (Å²) in [5.41, 5.74) is 2.78. The lowest BCUT2D eigenvalue weighted by Gasteiger charge is -2.38. The van der Waals surface area contributed by atoms with Crippen LogP contribution in [0.2, 0.25) is 0 Å². The Morgan fingerprint density at radius 3 is 1.72 bits per heavy atom. The summed E-state index contributed by atoms with van der Waals surface area (Å²) in [7, 11) is 0. The molecule has 1 aliphatic rings. The first-order valence-electron chi connectivity index (χ1n) is 6.78. The quantitative estimate of drug-likeness (QED) is 0.710. The number of hydrogen-bond donors (Lipinski definition) is 0. The van der Waals surface area contributed by atoms with Gasteiger partial charge in [0.2, 0.25) is 0 Å². The second-order valence-corrected chi connectivity index (χ2v) is 5.02. The molecule has 1 fully saturated rings. The summed E-state index contributed by atoms with van der Waals surface area (Å²) in [5.74, 6) is 0. The molecule has 1 aliphatic carbocycles. The largest absolute Gasteiger partial charge is 0.0622 e. The van der Waals surface area contributed by atoms with Crippen LogP contribution in [-0.2, 0) is 5.41 Å². The van der Waals surface area contributed by atoms with Crippen LogP contribution in [0.5, 0.6) is 0 Å². The van der Waals surface area contributed by atoms with Crippen LogP contribution in [0.15, 0.2) is 60.7 Å². The lowest BCUT2D eigenvalue weighted by Crippen LogP contribution is -2.31. The van der Waals surface area contributed by atoms with Gasteiger partial charge >= 0.3 is 0 Å². The maximum Gasteiger partial charge on any atom is 0.0271 e. The zero-order valence-electron chi connectivity index (χ0n) is 10.6. The summed E-state index contributed by atoms with van der Waals surface area (Å²) < 4.78 is 0. The molecule has 0 heteroatoms. The van der Waals surface area contributed by atoms with Crippen molar-refractivity contribution in [3.63, 3.8) is 0 Å². The topological polar surface area (TPSA) is 0 Å². The van der Waals surface area contributed by atoms with Gasteiger partial charge in [0.05, 0.1) is 0 Å². The van der Waals surface area contributed by atoms with Crippen LogP contribution in [0.4, 0.5) is 0 Å². The minimum absolute atomic E-state index is 0.0147. The van der Waals surface area contributed by atoms with Crippen LogP contribution in [0.25, 0.3) is 0 Å². The molecule has 0 N–H and O–H groups in total. The number of hydrogen-bond acceptors (Lipinski definition) is 0. The van der Waals surface area contributed by atoms with Gasteiger partial charge < -0.3 is 0 Å². The third-order valence-corrected chi connectivity index (χ3v) is 3.94. The molecule has 3 rings (SSSR count).